The van der Waals surface area contributed by atoms with E-state index in [0.29, 0.717) is 0 Å². The number of aliphatic imine (C=N–C) groups is 1. The number of likely N-dealkylation sites (tertiary alicyclic amines) is 1. The smallest absolute Gasteiger partial charge is 0.225 e. The quantitative estimate of drug-likeness (QED) is 0.548. The van der Waals surface area contributed by atoms with E-state index in [4.69, 9.17) is 4.74 Å². The lowest BCUT2D eigenvalue weighted by atomic mass is 10.0. The number of carbonyl (C=O) groups is 1. The van der Waals surface area contributed by atoms with Gasteiger partial charge in [-0.2, -0.15) is 0 Å². The van der Waals surface area contributed by atoms with Gasteiger partial charge in [-0.25, -0.2) is 0 Å². The standard InChI is InChI=1S/C23H37N5O2/c1-17(2)22(29)28-9-8-20(16-28)26-23(24-4)25-15-21(27-10-12-30-13-11-27)19-7-5-6-18(3)14-19/h5-7,14,17,20-21H,8-13,15-16H2,1-4H3,(H2,24,25,26). The van der Waals surface area contributed by atoms with Crippen LogP contribution in [-0.2, 0) is 9.53 Å². The second kappa shape index (κ2) is 10.8. The molecule has 0 aromatic heterocycles. The first kappa shape index (κ1) is 22.6. The molecule has 1 aromatic carbocycles. The maximum Gasteiger partial charge on any atom is 0.225 e. The minimum Gasteiger partial charge on any atom is -0.379 e. The molecule has 30 heavy (non-hydrogen) atoms. The Hall–Kier alpha value is -2.12. The monoisotopic (exact) mass is 415 g/mol. The molecule has 2 aliphatic heterocycles. The summed E-state index contributed by atoms with van der Waals surface area (Å²) in [5.74, 6) is 1.07. The number of nitrogens with one attached hydrogen (secondary N) is 2. The van der Waals surface area contributed by atoms with E-state index in [1.54, 1.807) is 7.05 Å². The van der Waals surface area contributed by atoms with E-state index in [9.17, 15) is 4.79 Å². The van der Waals surface area contributed by atoms with E-state index < -0.39 is 0 Å². The highest BCUT2D eigenvalue weighted by molar-refractivity contribution is 5.81. The minimum atomic E-state index is 0.0461. The molecule has 0 spiro atoms. The molecule has 2 aliphatic rings. The van der Waals surface area contributed by atoms with Gasteiger partial charge in [0.05, 0.1) is 19.3 Å². The van der Waals surface area contributed by atoms with Crippen molar-refractivity contribution in [2.24, 2.45) is 10.9 Å². The van der Waals surface area contributed by atoms with Crippen LogP contribution in [0.1, 0.15) is 37.4 Å². The Kier molecular flexibility index (Phi) is 8.10. The average molecular weight is 416 g/mol. The van der Waals surface area contributed by atoms with Gasteiger partial charge >= 0.3 is 0 Å². The van der Waals surface area contributed by atoms with Crippen molar-refractivity contribution in [3.8, 4) is 0 Å². The minimum absolute atomic E-state index is 0.0461. The molecule has 2 saturated heterocycles. The molecule has 2 atom stereocenters. The van der Waals surface area contributed by atoms with Crippen molar-refractivity contribution in [3.63, 3.8) is 0 Å². The first-order chi connectivity index (χ1) is 14.5. The van der Waals surface area contributed by atoms with E-state index in [1.807, 2.05) is 18.7 Å². The number of guanidine groups is 1. The molecule has 1 aromatic rings. The Balaban J connectivity index is 1.60. The summed E-state index contributed by atoms with van der Waals surface area (Å²) in [5.41, 5.74) is 2.59. The highest BCUT2D eigenvalue weighted by atomic mass is 16.5. The van der Waals surface area contributed by atoms with Crippen LogP contribution in [-0.4, -0.2) is 80.7 Å². The molecule has 2 heterocycles. The molecule has 0 bridgehead atoms. The van der Waals surface area contributed by atoms with E-state index in [-0.39, 0.29) is 23.9 Å². The largest absolute Gasteiger partial charge is 0.379 e. The second-order valence-electron chi connectivity index (χ2n) is 8.60. The predicted octanol–water partition coefficient (Wildman–Crippen LogP) is 1.79. The van der Waals surface area contributed by atoms with Crippen molar-refractivity contribution in [2.75, 3.05) is 53.0 Å². The molecular weight excluding hydrogens is 378 g/mol. The number of morpholine rings is 1. The number of hydrogen-bond donors (Lipinski definition) is 2. The van der Waals surface area contributed by atoms with Crippen molar-refractivity contribution in [1.29, 1.82) is 0 Å². The number of benzene rings is 1. The molecule has 2 N–H and O–H groups in total. The molecule has 0 radical (unpaired) electrons. The fourth-order valence-corrected chi connectivity index (χ4v) is 4.25. The Bertz CT molecular complexity index is 730. The number of hydrogen-bond acceptors (Lipinski definition) is 4. The lowest BCUT2D eigenvalue weighted by Crippen LogP contribution is -2.49. The fraction of sp³-hybridized carbons (Fsp3) is 0.652. The van der Waals surface area contributed by atoms with Gasteiger partial charge in [-0.3, -0.25) is 14.7 Å². The second-order valence-corrected chi connectivity index (χ2v) is 8.60. The topological polar surface area (TPSA) is 69.2 Å². The van der Waals surface area contributed by atoms with Crippen LogP contribution in [0, 0.1) is 12.8 Å². The summed E-state index contributed by atoms with van der Waals surface area (Å²) in [7, 11) is 1.80. The predicted molar refractivity (Wildman–Crippen MR) is 121 cm³/mol. The van der Waals surface area contributed by atoms with Crippen LogP contribution in [0.5, 0.6) is 0 Å². The van der Waals surface area contributed by atoms with Crippen molar-refractivity contribution < 1.29 is 9.53 Å². The fourth-order valence-electron chi connectivity index (χ4n) is 4.25. The third-order valence-corrected chi connectivity index (χ3v) is 5.93. The number of rotatable bonds is 6. The van der Waals surface area contributed by atoms with Crippen molar-refractivity contribution in [1.82, 2.24) is 20.4 Å². The summed E-state index contributed by atoms with van der Waals surface area (Å²) in [6.07, 6.45) is 0.948. The molecule has 1 amide bonds. The molecule has 3 rings (SSSR count). The van der Waals surface area contributed by atoms with Gasteiger partial charge in [-0.15, -0.1) is 0 Å². The van der Waals surface area contributed by atoms with Crippen LogP contribution < -0.4 is 10.6 Å². The Morgan fingerprint density at radius 2 is 2.03 bits per heavy atom. The molecule has 0 aliphatic carbocycles. The summed E-state index contributed by atoms with van der Waals surface area (Å²) < 4.78 is 5.56. The zero-order valence-corrected chi connectivity index (χ0v) is 18.9. The lowest BCUT2D eigenvalue weighted by molar-refractivity contribution is -0.133. The number of ether oxygens (including phenoxy) is 1. The van der Waals surface area contributed by atoms with Crippen LogP contribution in [0.4, 0.5) is 0 Å². The van der Waals surface area contributed by atoms with Crippen molar-refractivity contribution in [3.05, 3.63) is 35.4 Å². The van der Waals surface area contributed by atoms with Gasteiger partial charge in [-0.1, -0.05) is 43.7 Å². The number of nitrogens with zero attached hydrogens (tertiary/aromatic N) is 3. The Labute approximate surface area is 180 Å². The van der Waals surface area contributed by atoms with Crippen LogP contribution in [0.3, 0.4) is 0 Å². The van der Waals surface area contributed by atoms with E-state index >= 15 is 0 Å². The molecule has 0 saturated carbocycles. The average Bonchev–Trinajstić information content (AvgIpc) is 3.21. The molecule has 7 nitrogen and oxygen atoms in total. The normalized spacial score (nSPS) is 21.7. The van der Waals surface area contributed by atoms with E-state index in [1.165, 1.54) is 11.1 Å². The number of carbonyl (C=O) groups excluding carboxylic acids is 1. The zero-order valence-electron chi connectivity index (χ0n) is 18.9. The number of amides is 1. The highest BCUT2D eigenvalue weighted by Gasteiger charge is 2.28. The summed E-state index contributed by atoms with van der Waals surface area (Å²) in [6.45, 7) is 11.8. The van der Waals surface area contributed by atoms with Crippen molar-refractivity contribution >= 4 is 11.9 Å². The van der Waals surface area contributed by atoms with Gasteiger partial charge in [0.2, 0.25) is 5.91 Å². The third kappa shape index (κ3) is 5.95. The maximum absolute atomic E-state index is 12.3. The van der Waals surface area contributed by atoms with Gasteiger partial charge in [0.1, 0.15) is 0 Å². The van der Waals surface area contributed by atoms with E-state index in [2.05, 4.69) is 51.7 Å². The SMILES string of the molecule is CN=C(NCC(c1cccc(C)c1)N1CCOCC1)NC1CCN(C(=O)C(C)C)C1. The molecule has 7 heteroatoms. The van der Waals surface area contributed by atoms with Gasteiger partial charge in [0.15, 0.2) is 5.96 Å². The van der Waals surface area contributed by atoms with Gasteiger partial charge < -0.3 is 20.3 Å². The first-order valence-electron chi connectivity index (χ1n) is 11.1. The molecule has 2 fully saturated rings. The van der Waals surface area contributed by atoms with Crippen LogP contribution >= 0.6 is 0 Å². The van der Waals surface area contributed by atoms with Gasteiger partial charge in [0.25, 0.3) is 0 Å². The van der Waals surface area contributed by atoms with Crippen molar-refractivity contribution in [2.45, 2.75) is 39.3 Å². The summed E-state index contributed by atoms with van der Waals surface area (Å²) in [6, 6.07) is 9.23. The number of aryl methyl sites for hydroxylation is 1. The summed E-state index contributed by atoms with van der Waals surface area (Å²) >= 11 is 0. The maximum atomic E-state index is 12.3. The Morgan fingerprint density at radius 1 is 1.27 bits per heavy atom. The highest BCUT2D eigenvalue weighted by Crippen LogP contribution is 2.22. The lowest BCUT2D eigenvalue weighted by Gasteiger charge is -2.35. The van der Waals surface area contributed by atoms with Gasteiger partial charge in [0, 0.05) is 51.7 Å². The summed E-state index contributed by atoms with van der Waals surface area (Å²) in [5, 5.41) is 7.04. The first-order valence-corrected chi connectivity index (χ1v) is 11.1. The van der Waals surface area contributed by atoms with Crippen LogP contribution in [0.2, 0.25) is 0 Å². The molecular formula is C23H37N5O2. The van der Waals surface area contributed by atoms with Crippen LogP contribution in [0.25, 0.3) is 0 Å². The molecule has 2 unspecified atom stereocenters. The summed E-state index contributed by atoms with van der Waals surface area (Å²) in [4.78, 5) is 21.1. The van der Waals surface area contributed by atoms with Gasteiger partial charge in [-0.05, 0) is 18.9 Å². The van der Waals surface area contributed by atoms with E-state index in [0.717, 1.165) is 58.3 Å². The van der Waals surface area contributed by atoms with Crippen LogP contribution in [0.15, 0.2) is 29.3 Å². The molecule has 166 valence electrons. The Morgan fingerprint density at radius 3 is 2.70 bits per heavy atom. The zero-order chi connectivity index (χ0) is 21.5. The third-order valence-electron chi connectivity index (χ3n) is 5.93.